The number of anilines is 1. The Morgan fingerprint density at radius 3 is 2.23 bits per heavy atom. The quantitative estimate of drug-likeness (QED) is 0.218. The van der Waals surface area contributed by atoms with Gasteiger partial charge in [-0.15, -0.1) is 6.58 Å². The molecule has 264 valence electrons. The normalized spacial score (nSPS) is 28.8. The van der Waals surface area contributed by atoms with Crippen LogP contribution in [0.2, 0.25) is 0 Å². The molecule has 0 aromatic heterocycles. The molecule has 1 aliphatic heterocycles. The minimum Gasteiger partial charge on any atom is -0.460 e. The Bertz CT molecular complexity index is 1620. The smallest absolute Gasteiger partial charge is 0.307 e. The molecule has 48 heavy (non-hydrogen) atoms. The number of nitrogens with zero attached hydrogens (tertiary/aromatic N) is 1. The lowest BCUT2D eigenvalue weighted by atomic mass is 9.73. The summed E-state index contributed by atoms with van der Waals surface area (Å²) in [5.74, 6) is -2.96. The standard InChI is InChI=1S/C37H53N3O7S/c1-10-24-19-35(24,32(44)39-48(45,46)29-15-12-11-14-26(29)38-9)21-28(41)27-20-37(34(7,8)36(37)16-13-17-36)22-40(27)31(43)25(23(2)3)18-30(42)47-33(4,5)6/h10-12,14-15,23-25,27,38H,1,13,16-22H2,2-9H3,(H,39,44)/t24-,25+,27+,35-,37-/m1/s1. The third-order valence-electron chi connectivity index (χ3n) is 12.4. The zero-order chi connectivity index (χ0) is 35.7. The highest BCUT2D eigenvalue weighted by Gasteiger charge is 2.85. The number of allylic oxidation sites excluding steroid dienone is 1. The van der Waals surface area contributed by atoms with Gasteiger partial charge in [0.25, 0.3) is 10.0 Å². The molecule has 4 aliphatic rings. The van der Waals surface area contributed by atoms with Crippen molar-refractivity contribution >= 4 is 39.3 Å². The fourth-order valence-electron chi connectivity index (χ4n) is 9.30. The molecular formula is C37H53N3O7S. The number of fused-ring (bicyclic) bond motifs is 1. The number of hydrogen-bond donors (Lipinski definition) is 2. The van der Waals surface area contributed by atoms with Gasteiger partial charge in [0.2, 0.25) is 11.8 Å². The number of rotatable bonds is 12. The highest BCUT2D eigenvalue weighted by molar-refractivity contribution is 7.90. The van der Waals surface area contributed by atoms with E-state index >= 15 is 0 Å². The van der Waals surface area contributed by atoms with Crippen LogP contribution < -0.4 is 10.0 Å². The molecular weight excluding hydrogens is 630 g/mol. The van der Waals surface area contributed by atoms with Crippen molar-refractivity contribution in [1.29, 1.82) is 0 Å². The summed E-state index contributed by atoms with van der Waals surface area (Å²) in [5, 5.41) is 2.84. The van der Waals surface area contributed by atoms with Crippen molar-refractivity contribution < 1.29 is 32.3 Å². The van der Waals surface area contributed by atoms with Crippen molar-refractivity contribution in [1.82, 2.24) is 9.62 Å². The van der Waals surface area contributed by atoms with Gasteiger partial charge in [-0.3, -0.25) is 19.2 Å². The number of carbonyl (C=O) groups is 4. The second-order valence-corrected chi connectivity index (χ2v) is 18.1. The zero-order valence-electron chi connectivity index (χ0n) is 29.8. The van der Waals surface area contributed by atoms with Crippen LogP contribution >= 0.6 is 0 Å². The van der Waals surface area contributed by atoms with E-state index in [1.165, 1.54) is 6.07 Å². The van der Waals surface area contributed by atoms with E-state index in [-0.39, 0.29) is 63.9 Å². The molecule has 0 radical (unpaired) electrons. The summed E-state index contributed by atoms with van der Waals surface area (Å²) in [6.45, 7) is 17.9. The number of nitrogens with one attached hydrogen (secondary N) is 2. The lowest BCUT2D eigenvalue weighted by Gasteiger charge is -2.32. The van der Waals surface area contributed by atoms with Crippen LogP contribution in [0.25, 0.3) is 0 Å². The minimum atomic E-state index is -4.25. The number of ketones is 1. The van der Waals surface area contributed by atoms with Crippen LogP contribution in [0.4, 0.5) is 5.69 Å². The van der Waals surface area contributed by atoms with Crippen LogP contribution in [0.15, 0.2) is 41.8 Å². The predicted octanol–water partition coefficient (Wildman–Crippen LogP) is 5.49. The zero-order valence-corrected chi connectivity index (χ0v) is 30.6. The Morgan fingerprint density at radius 1 is 1.08 bits per heavy atom. The van der Waals surface area contributed by atoms with Gasteiger partial charge in [-0.2, -0.15) is 0 Å². The number of ether oxygens (including phenoxy) is 1. The van der Waals surface area contributed by atoms with Crippen LogP contribution in [-0.2, 0) is 33.9 Å². The van der Waals surface area contributed by atoms with E-state index < -0.39 is 44.9 Å². The third-order valence-corrected chi connectivity index (χ3v) is 13.8. The molecule has 5 atom stereocenters. The summed E-state index contributed by atoms with van der Waals surface area (Å²) < 4.78 is 34.6. The van der Waals surface area contributed by atoms with E-state index in [0.717, 1.165) is 19.3 Å². The molecule has 5 rings (SSSR count). The maximum atomic E-state index is 14.5. The molecule has 4 fully saturated rings. The molecule has 1 aromatic rings. The molecule has 1 heterocycles. The second kappa shape index (κ2) is 12.0. The van der Waals surface area contributed by atoms with Gasteiger partial charge >= 0.3 is 5.97 Å². The number of benzene rings is 1. The molecule has 1 saturated heterocycles. The number of Topliss-reactive ketones (excluding diaryl/α,β-unsaturated/α-hetero) is 1. The van der Waals surface area contributed by atoms with E-state index in [0.29, 0.717) is 18.7 Å². The maximum Gasteiger partial charge on any atom is 0.307 e. The van der Waals surface area contributed by atoms with E-state index in [9.17, 15) is 27.6 Å². The Balaban J connectivity index is 1.43. The maximum absolute atomic E-state index is 14.5. The largest absolute Gasteiger partial charge is 0.460 e. The molecule has 0 bridgehead atoms. The van der Waals surface area contributed by atoms with Gasteiger partial charge in [0.15, 0.2) is 5.78 Å². The number of sulfonamides is 1. The monoisotopic (exact) mass is 683 g/mol. The summed E-state index contributed by atoms with van der Waals surface area (Å²) in [4.78, 5) is 57.4. The fraction of sp³-hybridized carbons (Fsp3) is 0.676. The van der Waals surface area contributed by atoms with Crippen molar-refractivity contribution in [3.63, 3.8) is 0 Å². The van der Waals surface area contributed by atoms with Crippen LogP contribution in [0.1, 0.15) is 93.4 Å². The summed E-state index contributed by atoms with van der Waals surface area (Å²) in [7, 11) is -2.66. The topological polar surface area (TPSA) is 139 Å². The number of para-hydroxylation sites is 1. The van der Waals surface area contributed by atoms with Gasteiger partial charge in [0.05, 0.1) is 29.5 Å². The van der Waals surface area contributed by atoms with Gasteiger partial charge in [-0.05, 0) is 81.3 Å². The molecule has 3 aliphatic carbocycles. The van der Waals surface area contributed by atoms with Gasteiger partial charge in [-0.25, -0.2) is 13.1 Å². The van der Waals surface area contributed by atoms with Gasteiger partial charge in [-0.1, -0.05) is 52.3 Å². The molecule has 11 heteroatoms. The molecule has 2 spiro atoms. The van der Waals surface area contributed by atoms with Crippen molar-refractivity contribution in [3.05, 3.63) is 36.9 Å². The first-order chi connectivity index (χ1) is 22.2. The molecule has 3 saturated carbocycles. The van der Waals surface area contributed by atoms with E-state index in [2.05, 4.69) is 30.5 Å². The van der Waals surface area contributed by atoms with Crippen molar-refractivity contribution in [2.45, 2.75) is 110 Å². The lowest BCUT2D eigenvalue weighted by molar-refractivity contribution is -0.159. The summed E-state index contributed by atoms with van der Waals surface area (Å²) >= 11 is 0. The number of esters is 1. The third kappa shape index (κ3) is 5.67. The predicted molar refractivity (Wildman–Crippen MR) is 183 cm³/mol. The van der Waals surface area contributed by atoms with Crippen molar-refractivity contribution in [2.75, 3.05) is 18.9 Å². The van der Waals surface area contributed by atoms with Crippen LogP contribution in [-0.4, -0.2) is 62.1 Å². The highest BCUT2D eigenvalue weighted by Crippen LogP contribution is 2.88. The number of hydrogen-bond acceptors (Lipinski definition) is 8. The summed E-state index contributed by atoms with van der Waals surface area (Å²) in [6.07, 6.45) is 5.27. The van der Waals surface area contributed by atoms with Crippen molar-refractivity contribution in [3.8, 4) is 0 Å². The lowest BCUT2D eigenvalue weighted by Crippen LogP contribution is -2.47. The van der Waals surface area contributed by atoms with Crippen molar-refractivity contribution in [2.24, 2.45) is 39.4 Å². The first kappa shape index (κ1) is 36.1. The molecule has 2 N–H and O–H groups in total. The van der Waals surface area contributed by atoms with E-state index in [1.807, 2.05) is 13.8 Å². The van der Waals surface area contributed by atoms with Crippen LogP contribution in [0, 0.1) is 39.4 Å². The van der Waals surface area contributed by atoms with Crippen LogP contribution in [0.5, 0.6) is 0 Å². The number of amides is 2. The fourth-order valence-corrected chi connectivity index (χ4v) is 10.6. The Morgan fingerprint density at radius 2 is 1.73 bits per heavy atom. The average Bonchev–Trinajstić information content (AvgIpc) is 3.69. The first-order valence-corrected chi connectivity index (χ1v) is 18.7. The molecule has 1 aromatic carbocycles. The van der Waals surface area contributed by atoms with E-state index in [4.69, 9.17) is 4.74 Å². The highest BCUT2D eigenvalue weighted by atomic mass is 32.2. The van der Waals surface area contributed by atoms with E-state index in [1.54, 1.807) is 57.0 Å². The second-order valence-electron chi connectivity index (χ2n) is 16.5. The minimum absolute atomic E-state index is 0.0547. The molecule has 10 nitrogen and oxygen atoms in total. The Labute approximate surface area is 285 Å². The number of likely N-dealkylation sites (tertiary alicyclic amines) is 1. The SMILES string of the molecule is C=C[C@@H]1C[C@]1(CC(=O)[C@@H]1C[C@@]2(CN1C(=O)[C@@H](CC(=O)OC(C)(C)C)C(C)C)C(C)(C)C21CCC1)C(=O)NS(=O)(=O)c1ccccc1NC. The van der Waals surface area contributed by atoms with Gasteiger partial charge < -0.3 is 15.0 Å². The number of carbonyl (C=O) groups excluding carboxylic acids is 4. The first-order valence-electron chi connectivity index (χ1n) is 17.2. The summed E-state index contributed by atoms with van der Waals surface area (Å²) in [5.41, 5.74) is -1.90. The Hall–Kier alpha value is -3.21. The van der Waals surface area contributed by atoms with Gasteiger partial charge in [0, 0.05) is 25.4 Å². The summed E-state index contributed by atoms with van der Waals surface area (Å²) in [6, 6.07) is 5.50. The van der Waals surface area contributed by atoms with Crippen LogP contribution in [0.3, 0.4) is 0 Å². The average molecular weight is 684 g/mol. The molecule has 2 amide bonds. The molecule has 0 unspecified atom stereocenters. The van der Waals surface area contributed by atoms with Gasteiger partial charge in [0.1, 0.15) is 10.5 Å². The Kier molecular flexibility index (Phi) is 9.01.